The summed E-state index contributed by atoms with van der Waals surface area (Å²) in [7, 11) is 0. The van der Waals surface area contributed by atoms with Gasteiger partial charge in [0.2, 0.25) is 5.88 Å². The molecule has 0 bridgehead atoms. The van der Waals surface area contributed by atoms with Gasteiger partial charge in [0, 0.05) is 19.2 Å². The van der Waals surface area contributed by atoms with Gasteiger partial charge in [0.15, 0.2) is 0 Å². The molecule has 5 nitrogen and oxygen atoms in total. The summed E-state index contributed by atoms with van der Waals surface area (Å²) in [5.74, 6) is 0.494. The number of aryl methyl sites for hydroxylation is 1. The summed E-state index contributed by atoms with van der Waals surface area (Å²) in [6, 6.07) is 20.0. The number of nitrogens with zero attached hydrogens (tertiary/aromatic N) is 3. The summed E-state index contributed by atoms with van der Waals surface area (Å²) < 4.78 is 7.50. The molecule has 5 heteroatoms. The topological polar surface area (TPSA) is 47.4 Å². The number of amides is 1. The van der Waals surface area contributed by atoms with E-state index in [0.717, 1.165) is 11.1 Å². The van der Waals surface area contributed by atoms with Crippen LogP contribution in [0.2, 0.25) is 0 Å². The van der Waals surface area contributed by atoms with Gasteiger partial charge in [-0.3, -0.25) is 9.48 Å². The minimum atomic E-state index is -0.00103. The third-order valence-electron chi connectivity index (χ3n) is 4.57. The number of hydrogen-bond acceptors (Lipinski definition) is 3. The van der Waals surface area contributed by atoms with Crippen molar-refractivity contribution in [3.05, 3.63) is 83.0 Å². The number of carbonyl (C=O) groups is 1. The number of ether oxygens (including phenoxy) is 1. The fourth-order valence-electron chi connectivity index (χ4n) is 3.08. The Morgan fingerprint density at radius 2 is 1.77 bits per heavy atom. The van der Waals surface area contributed by atoms with Crippen LogP contribution in [0.15, 0.2) is 60.7 Å². The highest BCUT2D eigenvalue weighted by Crippen LogP contribution is 2.20. The van der Waals surface area contributed by atoms with Gasteiger partial charge in [0.1, 0.15) is 12.3 Å². The lowest BCUT2D eigenvalue weighted by Gasteiger charge is -2.27. The summed E-state index contributed by atoms with van der Waals surface area (Å²) in [5.41, 5.74) is 4.02. The number of carbonyl (C=O) groups excluding carboxylic acids is 1. The number of fused-ring (bicyclic) bond motifs is 1. The molecule has 1 aliphatic heterocycles. The van der Waals surface area contributed by atoms with Crippen LogP contribution in [-0.4, -0.2) is 27.1 Å². The first-order valence-electron chi connectivity index (χ1n) is 8.78. The number of rotatable bonds is 5. The molecule has 0 spiro atoms. The Hall–Kier alpha value is -3.08. The lowest BCUT2D eigenvalue weighted by Crippen LogP contribution is -2.39. The predicted molar refractivity (Wildman–Crippen MR) is 98.9 cm³/mol. The van der Waals surface area contributed by atoms with Gasteiger partial charge in [-0.2, -0.15) is 0 Å². The predicted octanol–water partition coefficient (Wildman–Crippen LogP) is 3.43. The highest BCUT2D eigenvalue weighted by atomic mass is 16.5. The van der Waals surface area contributed by atoms with Crippen molar-refractivity contribution < 1.29 is 9.53 Å². The zero-order valence-electron chi connectivity index (χ0n) is 14.8. The molecular weight excluding hydrogens is 326 g/mol. The van der Waals surface area contributed by atoms with Crippen molar-refractivity contribution in [1.82, 2.24) is 14.7 Å². The van der Waals surface area contributed by atoms with E-state index in [9.17, 15) is 4.79 Å². The van der Waals surface area contributed by atoms with Crippen LogP contribution in [0.5, 0.6) is 5.88 Å². The smallest absolute Gasteiger partial charge is 0.272 e. The molecule has 1 aromatic heterocycles. The molecule has 0 radical (unpaired) electrons. The minimum absolute atomic E-state index is 0.00103. The molecule has 0 atom stereocenters. The Kier molecular flexibility index (Phi) is 4.44. The summed E-state index contributed by atoms with van der Waals surface area (Å²) >= 11 is 0. The second-order valence-corrected chi connectivity index (χ2v) is 6.58. The normalized spacial score (nSPS) is 13.6. The SMILES string of the molecule is Cc1ccc(CN2CCn3nc(OCc4ccccc4)cc3C2=O)cc1. The number of benzene rings is 2. The van der Waals surface area contributed by atoms with E-state index in [2.05, 4.69) is 36.3 Å². The molecule has 0 saturated heterocycles. The van der Waals surface area contributed by atoms with E-state index in [-0.39, 0.29) is 5.91 Å². The molecule has 0 fully saturated rings. The summed E-state index contributed by atoms with van der Waals surface area (Å²) in [6.45, 7) is 4.45. The van der Waals surface area contributed by atoms with Crippen molar-refractivity contribution in [2.45, 2.75) is 26.6 Å². The van der Waals surface area contributed by atoms with Crippen molar-refractivity contribution in [2.75, 3.05) is 6.54 Å². The highest BCUT2D eigenvalue weighted by Gasteiger charge is 2.26. The third-order valence-corrected chi connectivity index (χ3v) is 4.57. The van der Waals surface area contributed by atoms with Gasteiger partial charge >= 0.3 is 0 Å². The Balaban J connectivity index is 1.44. The lowest BCUT2D eigenvalue weighted by molar-refractivity contribution is 0.0683. The molecular formula is C21H21N3O2. The average Bonchev–Trinajstić information content (AvgIpc) is 3.09. The first-order chi connectivity index (χ1) is 12.7. The molecule has 1 amide bonds. The van der Waals surface area contributed by atoms with Gasteiger partial charge in [-0.1, -0.05) is 60.2 Å². The fraction of sp³-hybridized carbons (Fsp3) is 0.238. The second kappa shape index (κ2) is 7.04. The Morgan fingerprint density at radius 1 is 1.00 bits per heavy atom. The molecule has 0 N–H and O–H groups in total. The van der Waals surface area contributed by atoms with Gasteiger partial charge < -0.3 is 9.64 Å². The molecule has 132 valence electrons. The molecule has 26 heavy (non-hydrogen) atoms. The van der Waals surface area contributed by atoms with Crippen molar-refractivity contribution in [3.63, 3.8) is 0 Å². The van der Waals surface area contributed by atoms with E-state index in [1.54, 1.807) is 10.7 Å². The van der Waals surface area contributed by atoms with Crippen LogP contribution >= 0.6 is 0 Å². The van der Waals surface area contributed by atoms with E-state index in [1.165, 1.54) is 5.56 Å². The van der Waals surface area contributed by atoms with Gasteiger partial charge in [-0.05, 0) is 18.1 Å². The molecule has 3 aromatic rings. The van der Waals surface area contributed by atoms with E-state index in [1.807, 2.05) is 35.2 Å². The van der Waals surface area contributed by atoms with Crippen molar-refractivity contribution in [1.29, 1.82) is 0 Å². The molecule has 2 heterocycles. The van der Waals surface area contributed by atoms with Crippen molar-refractivity contribution >= 4 is 5.91 Å². The summed E-state index contributed by atoms with van der Waals surface area (Å²) in [5, 5.41) is 4.42. The maximum Gasteiger partial charge on any atom is 0.272 e. The molecule has 0 aliphatic carbocycles. The molecule has 0 saturated carbocycles. The third kappa shape index (κ3) is 3.47. The summed E-state index contributed by atoms with van der Waals surface area (Å²) in [6.07, 6.45) is 0. The Morgan fingerprint density at radius 3 is 2.54 bits per heavy atom. The van der Waals surface area contributed by atoms with Crippen molar-refractivity contribution in [2.24, 2.45) is 0 Å². The lowest BCUT2D eigenvalue weighted by atomic mass is 10.1. The van der Waals surface area contributed by atoms with Crippen LogP contribution in [0.3, 0.4) is 0 Å². The van der Waals surface area contributed by atoms with Gasteiger partial charge in [0.25, 0.3) is 5.91 Å². The van der Waals surface area contributed by atoms with E-state index < -0.39 is 0 Å². The fourth-order valence-corrected chi connectivity index (χ4v) is 3.08. The molecule has 2 aromatic carbocycles. The first-order valence-corrected chi connectivity index (χ1v) is 8.78. The van der Waals surface area contributed by atoms with Crippen LogP contribution in [0.25, 0.3) is 0 Å². The van der Waals surface area contributed by atoms with E-state index in [0.29, 0.717) is 37.8 Å². The zero-order chi connectivity index (χ0) is 17.9. The van der Waals surface area contributed by atoms with E-state index in [4.69, 9.17) is 4.74 Å². The van der Waals surface area contributed by atoms with Gasteiger partial charge in [-0.25, -0.2) is 0 Å². The van der Waals surface area contributed by atoms with Crippen molar-refractivity contribution in [3.8, 4) is 5.88 Å². The van der Waals surface area contributed by atoms with Crippen LogP contribution in [0.4, 0.5) is 0 Å². The Bertz CT molecular complexity index is 901. The standard InChI is InChI=1S/C21H21N3O2/c1-16-7-9-17(10-8-16)14-23-11-12-24-19(21(23)25)13-20(22-24)26-15-18-5-3-2-4-6-18/h2-10,13H,11-12,14-15H2,1H3. The minimum Gasteiger partial charge on any atom is -0.472 e. The monoisotopic (exact) mass is 347 g/mol. The molecule has 4 rings (SSSR count). The highest BCUT2D eigenvalue weighted by molar-refractivity contribution is 5.93. The largest absolute Gasteiger partial charge is 0.472 e. The number of aromatic nitrogens is 2. The maximum atomic E-state index is 12.8. The quantitative estimate of drug-likeness (QED) is 0.710. The van der Waals surface area contributed by atoms with Crippen LogP contribution < -0.4 is 4.74 Å². The maximum absolute atomic E-state index is 12.8. The zero-order valence-corrected chi connectivity index (χ0v) is 14.8. The van der Waals surface area contributed by atoms with Gasteiger partial charge in [-0.15, -0.1) is 5.10 Å². The molecule has 0 unspecified atom stereocenters. The van der Waals surface area contributed by atoms with Crippen LogP contribution in [0, 0.1) is 6.92 Å². The van der Waals surface area contributed by atoms with Crippen LogP contribution in [0.1, 0.15) is 27.2 Å². The average molecular weight is 347 g/mol. The first kappa shape index (κ1) is 16.4. The van der Waals surface area contributed by atoms with Gasteiger partial charge in [0.05, 0.1) is 6.54 Å². The second-order valence-electron chi connectivity index (χ2n) is 6.58. The van der Waals surface area contributed by atoms with Crippen LogP contribution in [-0.2, 0) is 19.7 Å². The van der Waals surface area contributed by atoms with E-state index >= 15 is 0 Å². The molecule has 1 aliphatic rings. The Labute approximate surface area is 152 Å². The number of hydrogen-bond donors (Lipinski definition) is 0. The summed E-state index contributed by atoms with van der Waals surface area (Å²) in [4.78, 5) is 14.6.